The van der Waals surface area contributed by atoms with Crippen LogP contribution < -0.4 is 0 Å². The fourth-order valence-electron chi connectivity index (χ4n) is 1.90. The summed E-state index contributed by atoms with van der Waals surface area (Å²) in [5.74, 6) is -0.492. The van der Waals surface area contributed by atoms with Gasteiger partial charge in [0, 0.05) is 4.47 Å². The maximum Gasteiger partial charge on any atom is 0.337 e. The molecular weight excluding hydrogens is 394 g/mol. The Kier molecular flexibility index (Phi) is 5.54. The molecule has 0 saturated heterocycles. The van der Waals surface area contributed by atoms with E-state index in [1.54, 1.807) is 30.3 Å². The van der Waals surface area contributed by atoms with Gasteiger partial charge in [-0.15, -0.1) is 0 Å². The van der Waals surface area contributed by atoms with E-state index in [-0.39, 0.29) is 9.80 Å². The zero-order chi connectivity index (χ0) is 17.7. The molecule has 7 heteroatoms. The lowest BCUT2D eigenvalue weighted by Crippen LogP contribution is -2.03. The largest absolute Gasteiger partial charge is 0.465 e. The van der Waals surface area contributed by atoms with Crippen molar-refractivity contribution in [2.75, 3.05) is 7.11 Å². The van der Waals surface area contributed by atoms with Crippen molar-refractivity contribution in [1.29, 1.82) is 5.26 Å². The van der Waals surface area contributed by atoms with Crippen molar-refractivity contribution in [1.82, 2.24) is 0 Å². The van der Waals surface area contributed by atoms with Crippen LogP contribution in [0.15, 0.2) is 62.8 Å². The molecular formula is C17H12BrNO4S. The highest BCUT2D eigenvalue weighted by molar-refractivity contribution is 9.10. The Morgan fingerprint density at radius 2 is 1.71 bits per heavy atom. The molecule has 0 N–H and O–H groups in total. The van der Waals surface area contributed by atoms with Gasteiger partial charge in [-0.3, -0.25) is 0 Å². The monoisotopic (exact) mass is 405 g/mol. The number of sulfone groups is 1. The molecule has 0 aromatic heterocycles. The predicted molar refractivity (Wildman–Crippen MR) is 92.7 cm³/mol. The van der Waals surface area contributed by atoms with Gasteiger partial charge in [-0.25, -0.2) is 13.2 Å². The summed E-state index contributed by atoms with van der Waals surface area (Å²) in [6.45, 7) is 0. The summed E-state index contributed by atoms with van der Waals surface area (Å²) in [4.78, 5) is 11.0. The standard InChI is InChI=1S/C17H12BrNO4S/c1-23-17(20)13-4-2-12(3-5-13)10-16(11-19)24(21,22)15-8-6-14(18)7-9-15/h2-10H,1H3/b16-10+. The van der Waals surface area contributed by atoms with Crippen LogP contribution in [0.4, 0.5) is 0 Å². The third-order valence-electron chi connectivity index (χ3n) is 3.15. The van der Waals surface area contributed by atoms with Gasteiger partial charge < -0.3 is 4.74 Å². The average molecular weight is 406 g/mol. The molecule has 0 fully saturated rings. The first-order valence-corrected chi connectivity index (χ1v) is 8.97. The van der Waals surface area contributed by atoms with Crippen LogP contribution in [0.25, 0.3) is 6.08 Å². The summed E-state index contributed by atoms with van der Waals surface area (Å²) in [5, 5.41) is 9.24. The van der Waals surface area contributed by atoms with Crippen molar-refractivity contribution in [2.24, 2.45) is 0 Å². The van der Waals surface area contributed by atoms with Crippen LogP contribution in [-0.2, 0) is 14.6 Å². The Balaban J connectivity index is 2.40. The average Bonchev–Trinajstić information content (AvgIpc) is 2.59. The highest BCUT2D eigenvalue weighted by Gasteiger charge is 2.20. The van der Waals surface area contributed by atoms with Gasteiger partial charge in [0.1, 0.15) is 11.0 Å². The molecule has 2 rings (SSSR count). The zero-order valence-electron chi connectivity index (χ0n) is 12.6. The van der Waals surface area contributed by atoms with Crippen molar-refractivity contribution in [3.63, 3.8) is 0 Å². The van der Waals surface area contributed by atoms with E-state index in [9.17, 15) is 18.5 Å². The Bertz CT molecular complexity index is 924. The number of rotatable bonds is 4. The van der Waals surface area contributed by atoms with Crippen molar-refractivity contribution < 1.29 is 17.9 Å². The summed E-state index contributed by atoms with van der Waals surface area (Å²) in [6, 6.07) is 13.8. The maximum atomic E-state index is 12.5. The van der Waals surface area contributed by atoms with Crippen molar-refractivity contribution in [2.45, 2.75) is 4.90 Å². The van der Waals surface area contributed by atoms with E-state index < -0.39 is 15.8 Å². The lowest BCUT2D eigenvalue weighted by Gasteiger charge is -2.04. The minimum atomic E-state index is -3.91. The van der Waals surface area contributed by atoms with Crippen LogP contribution in [0.2, 0.25) is 0 Å². The molecule has 0 aliphatic heterocycles. The van der Waals surface area contributed by atoms with E-state index in [1.165, 1.54) is 37.5 Å². The van der Waals surface area contributed by atoms with E-state index in [2.05, 4.69) is 20.7 Å². The highest BCUT2D eigenvalue weighted by atomic mass is 79.9. The minimum Gasteiger partial charge on any atom is -0.465 e. The summed E-state index contributed by atoms with van der Waals surface area (Å²) >= 11 is 3.23. The van der Waals surface area contributed by atoms with E-state index in [0.29, 0.717) is 11.1 Å². The molecule has 2 aromatic rings. The van der Waals surface area contributed by atoms with E-state index in [1.807, 2.05) is 0 Å². The van der Waals surface area contributed by atoms with Crippen LogP contribution in [-0.4, -0.2) is 21.5 Å². The third-order valence-corrected chi connectivity index (χ3v) is 5.36. The zero-order valence-corrected chi connectivity index (χ0v) is 15.0. The van der Waals surface area contributed by atoms with Gasteiger partial charge in [-0.05, 0) is 48.0 Å². The van der Waals surface area contributed by atoms with E-state index in [4.69, 9.17) is 0 Å². The molecule has 0 heterocycles. The first-order valence-electron chi connectivity index (χ1n) is 6.69. The van der Waals surface area contributed by atoms with Gasteiger partial charge in [0.2, 0.25) is 9.84 Å². The molecule has 0 unspecified atom stereocenters. The Morgan fingerprint density at radius 1 is 1.12 bits per heavy atom. The number of ether oxygens (including phenoxy) is 1. The normalized spacial score (nSPS) is 11.6. The smallest absolute Gasteiger partial charge is 0.337 e. The molecule has 2 aromatic carbocycles. The predicted octanol–water partition coefficient (Wildman–Crippen LogP) is 3.57. The molecule has 24 heavy (non-hydrogen) atoms. The van der Waals surface area contributed by atoms with Crippen molar-refractivity contribution in [3.05, 3.63) is 69.0 Å². The molecule has 0 aliphatic rings. The highest BCUT2D eigenvalue weighted by Crippen LogP contribution is 2.23. The van der Waals surface area contributed by atoms with Crippen LogP contribution in [0, 0.1) is 11.3 Å². The molecule has 0 aliphatic carbocycles. The third kappa shape index (κ3) is 3.91. The maximum absolute atomic E-state index is 12.5. The Morgan fingerprint density at radius 3 is 2.21 bits per heavy atom. The number of halogens is 1. The van der Waals surface area contributed by atoms with Crippen LogP contribution in [0.5, 0.6) is 0 Å². The topological polar surface area (TPSA) is 84.2 Å². The first-order chi connectivity index (χ1) is 11.4. The molecule has 0 radical (unpaired) electrons. The van der Waals surface area contributed by atoms with Gasteiger partial charge in [-0.1, -0.05) is 28.1 Å². The molecule has 0 saturated carbocycles. The summed E-state index contributed by atoms with van der Waals surface area (Å²) in [7, 11) is -2.64. The van der Waals surface area contributed by atoms with Gasteiger partial charge in [0.05, 0.1) is 17.6 Å². The first kappa shape index (κ1) is 17.9. The second-order valence-electron chi connectivity index (χ2n) is 4.69. The minimum absolute atomic E-state index is 0.0321. The number of methoxy groups -OCH3 is 1. The second kappa shape index (κ2) is 7.43. The number of esters is 1. The summed E-state index contributed by atoms with van der Waals surface area (Å²) < 4.78 is 30.4. The molecule has 0 atom stereocenters. The van der Waals surface area contributed by atoms with Gasteiger partial charge >= 0.3 is 5.97 Å². The number of hydrogen-bond donors (Lipinski definition) is 0. The Hall–Kier alpha value is -2.43. The van der Waals surface area contributed by atoms with Crippen molar-refractivity contribution >= 4 is 37.8 Å². The van der Waals surface area contributed by atoms with E-state index >= 15 is 0 Å². The molecule has 5 nitrogen and oxygen atoms in total. The number of carbonyl (C=O) groups excluding carboxylic acids is 1. The summed E-state index contributed by atoms with van der Waals surface area (Å²) in [5.41, 5.74) is 0.823. The van der Waals surface area contributed by atoms with Crippen molar-refractivity contribution in [3.8, 4) is 6.07 Å². The molecule has 0 spiro atoms. The fraction of sp³-hybridized carbons (Fsp3) is 0.0588. The van der Waals surface area contributed by atoms with Gasteiger partial charge in [0.25, 0.3) is 0 Å². The SMILES string of the molecule is COC(=O)c1ccc(/C=C(\C#N)S(=O)(=O)c2ccc(Br)cc2)cc1. The van der Waals surface area contributed by atoms with Gasteiger partial charge in [-0.2, -0.15) is 5.26 Å². The lowest BCUT2D eigenvalue weighted by molar-refractivity contribution is 0.0600. The number of carbonyl (C=O) groups is 1. The lowest BCUT2D eigenvalue weighted by atomic mass is 10.1. The number of hydrogen-bond acceptors (Lipinski definition) is 5. The van der Waals surface area contributed by atoms with E-state index in [0.717, 1.165) is 4.47 Å². The summed E-state index contributed by atoms with van der Waals surface area (Å²) in [6.07, 6.45) is 1.26. The fourth-order valence-corrected chi connectivity index (χ4v) is 3.32. The number of allylic oxidation sites excluding steroid dienone is 1. The quantitative estimate of drug-likeness (QED) is 0.573. The number of benzene rings is 2. The van der Waals surface area contributed by atoms with Crippen LogP contribution >= 0.6 is 15.9 Å². The molecule has 122 valence electrons. The number of nitriles is 1. The number of nitrogens with zero attached hydrogens (tertiary/aromatic N) is 1. The second-order valence-corrected chi connectivity index (χ2v) is 7.53. The molecule has 0 amide bonds. The van der Waals surface area contributed by atoms with Crippen LogP contribution in [0.1, 0.15) is 15.9 Å². The van der Waals surface area contributed by atoms with Gasteiger partial charge in [0.15, 0.2) is 0 Å². The molecule has 0 bridgehead atoms. The van der Waals surface area contributed by atoms with Crippen LogP contribution in [0.3, 0.4) is 0 Å². The Labute approximate surface area is 148 Å².